The Morgan fingerprint density at radius 3 is 2.06 bits per heavy atom. The van der Waals surface area contributed by atoms with Crippen molar-refractivity contribution in [1.29, 1.82) is 0 Å². The zero-order valence-electron chi connectivity index (χ0n) is 10.9. The standard InChI is InChI=1S/C14H26N2/c1-11(2)16-9-13-7-15(8-14(13)10-16)6-12-4-3-5-12/h11-14H,3-10H2,1-2H3/t13-,14+. The fourth-order valence-electron chi connectivity index (χ4n) is 3.74. The maximum Gasteiger partial charge on any atom is 0.00388 e. The van der Waals surface area contributed by atoms with Gasteiger partial charge in [-0.25, -0.2) is 0 Å². The average molecular weight is 222 g/mol. The van der Waals surface area contributed by atoms with E-state index in [0.29, 0.717) is 0 Å². The molecule has 2 atom stereocenters. The quantitative estimate of drug-likeness (QED) is 0.721. The zero-order chi connectivity index (χ0) is 11.1. The summed E-state index contributed by atoms with van der Waals surface area (Å²) < 4.78 is 0. The SMILES string of the molecule is CC(C)N1C[C@H]2CN(CC3CCC3)C[C@H]2C1. The van der Waals surface area contributed by atoms with E-state index in [2.05, 4.69) is 23.6 Å². The number of likely N-dealkylation sites (tertiary alicyclic amines) is 2. The van der Waals surface area contributed by atoms with Gasteiger partial charge >= 0.3 is 0 Å². The lowest BCUT2D eigenvalue weighted by Gasteiger charge is -2.31. The van der Waals surface area contributed by atoms with Gasteiger partial charge in [-0.2, -0.15) is 0 Å². The van der Waals surface area contributed by atoms with E-state index in [1.807, 2.05) is 0 Å². The van der Waals surface area contributed by atoms with Crippen LogP contribution in [-0.2, 0) is 0 Å². The van der Waals surface area contributed by atoms with Crippen molar-refractivity contribution in [2.24, 2.45) is 17.8 Å². The van der Waals surface area contributed by atoms with Crippen LogP contribution in [0.5, 0.6) is 0 Å². The Bertz CT molecular complexity index is 233. The Balaban J connectivity index is 1.49. The van der Waals surface area contributed by atoms with Gasteiger partial charge in [0.1, 0.15) is 0 Å². The van der Waals surface area contributed by atoms with Crippen molar-refractivity contribution < 1.29 is 0 Å². The Morgan fingerprint density at radius 2 is 1.62 bits per heavy atom. The van der Waals surface area contributed by atoms with Crippen molar-refractivity contribution in [3.8, 4) is 0 Å². The summed E-state index contributed by atoms with van der Waals surface area (Å²) in [5.74, 6) is 3.03. The van der Waals surface area contributed by atoms with Gasteiger partial charge in [0.15, 0.2) is 0 Å². The molecule has 2 saturated heterocycles. The first-order chi connectivity index (χ1) is 7.72. The summed E-state index contributed by atoms with van der Waals surface area (Å²) in [4.78, 5) is 5.44. The molecule has 2 aliphatic heterocycles. The highest BCUT2D eigenvalue weighted by atomic mass is 15.2. The van der Waals surface area contributed by atoms with Crippen molar-refractivity contribution in [2.45, 2.75) is 39.2 Å². The van der Waals surface area contributed by atoms with Crippen LogP contribution in [0.25, 0.3) is 0 Å². The lowest BCUT2D eigenvalue weighted by molar-refractivity contribution is 0.176. The minimum atomic E-state index is 0.755. The van der Waals surface area contributed by atoms with E-state index in [0.717, 1.165) is 23.8 Å². The predicted octanol–water partition coefficient (Wildman–Crippen LogP) is 2.06. The molecule has 0 spiro atoms. The van der Waals surface area contributed by atoms with Crippen LogP contribution in [0.15, 0.2) is 0 Å². The molecule has 0 aromatic heterocycles. The van der Waals surface area contributed by atoms with Gasteiger partial charge in [-0.1, -0.05) is 6.42 Å². The molecule has 2 heteroatoms. The molecule has 0 aromatic carbocycles. The van der Waals surface area contributed by atoms with Gasteiger partial charge in [0.25, 0.3) is 0 Å². The van der Waals surface area contributed by atoms with Gasteiger partial charge in [-0.05, 0) is 44.4 Å². The summed E-state index contributed by atoms with van der Waals surface area (Å²) >= 11 is 0. The minimum absolute atomic E-state index is 0.755. The molecule has 3 aliphatic rings. The van der Waals surface area contributed by atoms with Crippen molar-refractivity contribution in [3.63, 3.8) is 0 Å². The lowest BCUT2D eigenvalue weighted by Crippen LogP contribution is -2.36. The Kier molecular flexibility index (Phi) is 2.97. The first-order valence-electron chi connectivity index (χ1n) is 7.19. The third-order valence-electron chi connectivity index (χ3n) is 5.06. The molecule has 1 aliphatic carbocycles. The molecule has 0 unspecified atom stereocenters. The van der Waals surface area contributed by atoms with Crippen LogP contribution < -0.4 is 0 Å². The number of hydrogen-bond acceptors (Lipinski definition) is 2. The highest BCUT2D eigenvalue weighted by Gasteiger charge is 2.41. The lowest BCUT2D eigenvalue weighted by atomic mass is 9.85. The number of hydrogen-bond donors (Lipinski definition) is 0. The maximum atomic E-state index is 2.76. The maximum absolute atomic E-state index is 2.76. The largest absolute Gasteiger partial charge is 0.302 e. The van der Waals surface area contributed by atoms with Crippen LogP contribution in [0, 0.1) is 17.8 Å². The molecule has 2 nitrogen and oxygen atoms in total. The molecule has 16 heavy (non-hydrogen) atoms. The van der Waals surface area contributed by atoms with E-state index in [1.165, 1.54) is 52.0 Å². The molecular formula is C14H26N2. The summed E-state index contributed by atoms with van der Waals surface area (Å²) in [6.07, 6.45) is 4.50. The second kappa shape index (κ2) is 4.30. The topological polar surface area (TPSA) is 6.48 Å². The molecule has 0 N–H and O–H groups in total. The van der Waals surface area contributed by atoms with Gasteiger partial charge < -0.3 is 9.80 Å². The second-order valence-electron chi connectivity index (χ2n) is 6.58. The van der Waals surface area contributed by atoms with E-state index in [1.54, 1.807) is 0 Å². The molecular weight excluding hydrogens is 196 g/mol. The average Bonchev–Trinajstić information content (AvgIpc) is 2.67. The normalized spacial score (nSPS) is 36.9. The van der Waals surface area contributed by atoms with E-state index in [9.17, 15) is 0 Å². The number of rotatable bonds is 3. The van der Waals surface area contributed by atoms with Gasteiger partial charge in [0.05, 0.1) is 0 Å². The van der Waals surface area contributed by atoms with E-state index in [4.69, 9.17) is 0 Å². The smallest absolute Gasteiger partial charge is 0.00388 e. The molecule has 0 radical (unpaired) electrons. The monoisotopic (exact) mass is 222 g/mol. The summed E-state index contributed by atoms with van der Waals surface area (Å²) in [6, 6.07) is 0.755. The third kappa shape index (κ3) is 2.02. The predicted molar refractivity (Wildman–Crippen MR) is 67.5 cm³/mol. The Hall–Kier alpha value is -0.0800. The summed E-state index contributed by atoms with van der Waals surface area (Å²) in [5, 5.41) is 0. The van der Waals surface area contributed by atoms with Crippen LogP contribution in [0.4, 0.5) is 0 Å². The number of fused-ring (bicyclic) bond motifs is 1. The molecule has 0 bridgehead atoms. The summed E-state index contributed by atoms with van der Waals surface area (Å²) in [6.45, 7) is 11.6. The Labute approximate surface area is 100.0 Å². The molecule has 0 aromatic rings. The Morgan fingerprint density at radius 1 is 1.00 bits per heavy atom. The van der Waals surface area contributed by atoms with Crippen LogP contribution in [-0.4, -0.2) is 48.6 Å². The van der Waals surface area contributed by atoms with Crippen molar-refractivity contribution in [2.75, 3.05) is 32.7 Å². The highest BCUT2D eigenvalue weighted by molar-refractivity contribution is 4.94. The van der Waals surface area contributed by atoms with E-state index >= 15 is 0 Å². The summed E-state index contributed by atoms with van der Waals surface area (Å²) in [7, 11) is 0. The van der Waals surface area contributed by atoms with Crippen molar-refractivity contribution in [3.05, 3.63) is 0 Å². The molecule has 2 heterocycles. The molecule has 3 rings (SSSR count). The van der Waals surface area contributed by atoms with Crippen molar-refractivity contribution >= 4 is 0 Å². The third-order valence-corrected chi connectivity index (χ3v) is 5.06. The van der Waals surface area contributed by atoms with Crippen molar-refractivity contribution in [1.82, 2.24) is 9.80 Å². The molecule has 0 amide bonds. The molecule has 3 fully saturated rings. The minimum Gasteiger partial charge on any atom is -0.302 e. The fraction of sp³-hybridized carbons (Fsp3) is 1.00. The van der Waals surface area contributed by atoms with Crippen LogP contribution in [0.2, 0.25) is 0 Å². The van der Waals surface area contributed by atoms with E-state index in [-0.39, 0.29) is 0 Å². The van der Waals surface area contributed by atoms with Gasteiger partial charge in [0.2, 0.25) is 0 Å². The fourth-order valence-corrected chi connectivity index (χ4v) is 3.74. The van der Waals surface area contributed by atoms with Gasteiger partial charge in [-0.3, -0.25) is 0 Å². The first-order valence-corrected chi connectivity index (χ1v) is 7.19. The van der Waals surface area contributed by atoms with E-state index < -0.39 is 0 Å². The molecule has 1 saturated carbocycles. The second-order valence-corrected chi connectivity index (χ2v) is 6.58. The van der Waals surface area contributed by atoms with Crippen LogP contribution in [0.1, 0.15) is 33.1 Å². The van der Waals surface area contributed by atoms with Crippen LogP contribution in [0.3, 0.4) is 0 Å². The zero-order valence-corrected chi connectivity index (χ0v) is 10.9. The van der Waals surface area contributed by atoms with Crippen LogP contribution >= 0.6 is 0 Å². The summed E-state index contributed by atoms with van der Waals surface area (Å²) in [5.41, 5.74) is 0. The first kappa shape index (κ1) is 11.0. The van der Waals surface area contributed by atoms with Gasteiger partial charge in [-0.15, -0.1) is 0 Å². The molecule has 92 valence electrons. The van der Waals surface area contributed by atoms with Gasteiger partial charge in [0, 0.05) is 38.8 Å². The highest BCUT2D eigenvalue weighted by Crippen LogP contribution is 2.34. The number of nitrogens with zero attached hydrogens (tertiary/aromatic N) is 2.